The van der Waals surface area contributed by atoms with Crippen LogP contribution >= 0.6 is 11.6 Å². The summed E-state index contributed by atoms with van der Waals surface area (Å²) in [6, 6.07) is 0. The SMILES string of the molecule is CC(=O)OCCC(C)=CCCC(C)(Cl)CCO. The predicted molar refractivity (Wildman–Crippen MR) is 70.2 cm³/mol. The van der Waals surface area contributed by atoms with Gasteiger partial charge in [-0.3, -0.25) is 4.79 Å². The van der Waals surface area contributed by atoms with E-state index in [1.165, 1.54) is 12.5 Å². The highest BCUT2D eigenvalue weighted by Crippen LogP contribution is 2.25. The number of alkyl halides is 1. The van der Waals surface area contributed by atoms with Crippen LogP contribution in [0.5, 0.6) is 0 Å². The number of aliphatic hydroxyl groups excluding tert-OH is 1. The zero-order valence-corrected chi connectivity index (χ0v) is 11.7. The second kappa shape index (κ2) is 8.54. The first kappa shape index (κ1) is 16.5. The van der Waals surface area contributed by atoms with Crippen molar-refractivity contribution in [3.05, 3.63) is 11.6 Å². The average Bonchev–Trinajstić information content (AvgIpc) is 2.16. The molecule has 0 saturated heterocycles. The number of rotatable bonds is 8. The van der Waals surface area contributed by atoms with Crippen molar-refractivity contribution in [3.8, 4) is 0 Å². The molecule has 0 aliphatic rings. The summed E-state index contributed by atoms with van der Waals surface area (Å²) < 4.78 is 4.86. The minimum atomic E-state index is -0.332. The molecule has 0 amide bonds. The first-order valence-corrected chi connectivity index (χ1v) is 6.34. The van der Waals surface area contributed by atoms with Crippen LogP contribution in [-0.4, -0.2) is 29.2 Å². The van der Waals surface area contributed by atoms with Gasteiger partial charge in [-0.15, -0.1) is 11.6 Å². The molecule has 0 aliphatic heterocycles. The fraction of sp³-hybridized carbons (Fsp3) is 0.769. The van der Waals surface area contributed by atoms with E-state index in [1.807, 2.05) is 13.8 Å². The molecule has 0 fully saturated rings. The third-order valence-corrected chi connectivity index (χ3v) is 2.97. The van der Waals surface area contributed by atoms with E-state index >= 15 is 0 Å². The molecule has 0 aromatic carbocycles. The molecule has 0 saturated carbocycles. The number of aliphatic hydroxyl groups is 1. The van der Waals surface area contributed by atoms with E-state index in [0.29, 0.717) is 13.0 Å². The van der Waals surface area contributed by atoms with Gasteiger partial charge in [0.2, 0.25) is 0 Å². The van der Waals surface area contributed by atoms with Crippen LogP contribution < -0.4 is 0 Å². The quantitative estimate of drug-likeness (QED) is 0.415. The number of carbonyl (C=O) groups excluding carboxylic acids is 1. The molecule has 0 spiro atoms. The van der Waals surface area contributed by atoms with Gasteiger partial charge in [0, 0.05) is 24.8 Å². The maximum atomic E-state index is 10.6. The maximum Gasteiger partial charge on any atom is 0.302 e. The summed E-state index contributed by atoms with van der Waals surface area (Å²) in [7, 11) is 0. The van der Waals surface area contributed by atoms with Gasteiger partial charge >= 0.3 is 5.97 Å². The lowest BCUT2D eigenvalue weighted by Gasteiger charge is -2.19. The van der Waals surface area contributed by atoms with Crippen LogP contribution in [0.2, 0.25) is 0 Å². The highest BCUT2D eigenvalue weighted by Gasteiger charge is 2.18. The van der Waals surface area contributed by atoms with Crippen molar-refractivity contribution in [3.63, 3.8) is 0 Å². The normalized spacial score (nSPS) is 15.5. The molecule has 3 nitrogen and oxygen atoms in total. The Hall–Kier alpha value is -0.540. The molecule has 0 aromatic rings. The molecule has 4 heteroatoms. The first-order chi connectivity index (χ1) is 7.87. The standard InChI is InChI=1S/C13H23ClO3/c1-11(6-10-17-12(2)16)5-4-7-13(3,14)8-9-15/h5,15H,4,6-10H2,1-3H3. The Morgan fingerprint density at radius 3 is 2.59 bits per heavy atom. The number of ether oxygens (including phenoxy) is 1. The van der Waals surface area contributed by atoms with Crippen LogP contribution in [0.4, 0.5) is 0 Å². The van der Waals surface area contributed by atoms with Crippen LogP contribution in [0.15, 0.2) is 11.6 Å². The van der Waals surface area contributed by atoms with E-state index in [2.05, 4.69) is 6.08 Å². The highest BCUT2D eigenvalue weighted by molar-refractivity contribution is 6.23. The molecule has 0 bridgehead atoms. The number of esters is 1. The van der Waals surface area contributed by atoms with Crippen molar-refractivity contribution < 1.29 is 14.6 Å². The largest absolute Gasteiger partial charge is 0.466 e. The van der Waals surface area contributed by atoms with Gasteiger partial charge in [-0.2, -0.15) is 0 Å². The minimum Gasteiger partial charge on any atom is -0.466 e. The molecule has 0 radical (unpaired) electrons. The zero-order valence-electron chi connectivity index (χ0n) is 11.0. The summed E-state index contributed by atoms with van der Waals surface area (Å²) in [5.74, 6) is -0.242. The number of allylic oxidation sites excluding steroid dienone is 1. The molecule has 100 valence electrons. The number of halogens is 1. The van der Waals surface area contributed by atoms with Gasteiger partial charge in [-0.1, -0.05) is 11.6 Å². The monoisotopic (exact) mass is 262 g/mol. The van der Waals surface area contributed by atoms with Crippen molar-refractivity contribution in [2.24, 2.45) is 0 Å². The van der Waals surface area contributed by atoms with Crippen LogP contribution in [0.3, 0.4) is 0 Å². The number of carbonyl (C=O) groups is 1. The van der Waals surface area contributed by atoms with Crippen molar-refractivity contribution in [1.82, 2.24) is 0 Å². The van der Waals surface area contributed by atoms with E-state index in [1.54, 1.807) is 0 Å². The van der Waals surface area contributed by atoms with Gasteiger partial charge in [-0.25, -0.2) is 0 Å². The molecule has 1 atom stereocenters. The second-order valence-corrected chi connectivity index (χ2v) is 5.48. The van der Waals surface area contributed by atoms with E-state index in [-0.39, 0.29) is 17.5 Å². The highest BCUT2D eigenvalue weighted by atomic mass is 35.5. The molecule has 0 rings (SSSR count). The van der Waals surface area contributed by atoms with E-state index in [4.69, 9.17) is 21.4 Å². The van der Waals surface area contributed by atoms with Gasteiger partial charge in [0.25, 0.3) is 0 Å². The van der Waals surface area contributed by atoms with Crippen molar-refractivity contribution in [2.45, 2.75) is 51.3 Å². The van der Waals surface area contributed by atoms with Crippen molar-refractivity contribution in [1.29, 1.82) is 0 Å². The van der Waals surface area contributed by atoms with Crippen LogP contribution in [-0.2, 0) is 9.53 Å². The van der Waals surface area contributed by atoms with Crippen LogP contribution in [0.1, 0.15) is 46.5 Å². The fourth-order valence-electron chi connectivity index (χ4n) is 1.44. The Balaban J connectivity index is 3.79. The Morgan fingerprint density at radius 2 is 2.06 bits per heavy atom. The fourth-order valence-corrected chi connectivity index (χ4v) is 1.63. The lowest BCUT2D eigenvalue weighted by molar-refractivity contribution is -0.140. The topological polar surface area (TPSA) is 46.5 Å². The van der Waals surface area contributed by atoms with Crippen molar-refractivity contribution >= 4 is 17.6 Å². The average molecular weight is 263 g/mol. The molecular formula is C13H23ClO3. The summed E-state index contributed by atoms with van der Waals surface area (Å²) >= 11 is 6.21. The van der Waals surface area contributed by atoms with Gasteiger partial charge in [-0.05, 0) is 33.1 Å². The minimum absolute atomic E-state index is 0.120. The predicted octanol–water partition coefficient (Wildman–Crippen LogP) is 3.05. The van der Waals surface area contributed by atoms with Gasteiger partial charge in [0.15, 0.2) is 0 Å². The summed E-state index contributed by atoms with van der Waals surface area (Å²) in [5.41, 5.74) is 1.20. The van der Waals surface area contributed by atoms with Crippen LogP contribution in [0, 0.1) is 0 Å². The zero-order chi connectivity index (χ0) is 13.3. The Morgan fingerprint density at radius 1 is 1.41 bits per heavy atom. The van der Waals surface area contributed by atoms with Crippen LogP contribution in [0.25, 0.3) is 0 Å². The van der Waals surface area contributed by atoms with E-state index in [0.717, 1.165) is 19.3 Å². The molecular weight excluding hydrogens is 240 g/mol. The summed E-state index contributed by atoms with van der Waals surface area (Å²) in [4.78, 5) is 10.2. The molecule has 17 heavy (non-hydrogen) atoms. The lowest BCUT2D eigenvalue weighted by Crippen LogP contribution is -2.17. The summed E-state index contributed by atoms with van der Waals surface area (Å²) in [5, 5.41) is 8.83. The smallest absolute Gasteiger partial charge is 0.302 e. The third-order valence-electron chi connectivity index (χ3n) is 2.59. The summed E-state index contributed by atoms with van der Waals surface area (Å²) in [6.45, 7) is 5.92. The first-order valence-electron chi connectivity index (χ1n) is 5.96. The Labute approximate surface area is 109 Å². The molecule has 1 N–H and O–H groups in total. The Kier molecular flexibility index (Phi) is 8.26. The second-order valence-electron chi connectivity index (χ2n) is 4.57. The van der Waals surface area contributed by atoms with Gasteiger partial charge < -0.3 is 9.84 Å². The lowest BCUT2D eigenvalue weighted by atomic mass is 10.00. The molecule has 0 heterocycles. The summed E-state index contributed by atoms with van der Waals surface area (Å²) in [6.07, 6.45) is 5.20. The van der Waals surface area contributed by atoms with Crippen molar-refractivity contribution in [2.75, 3.05) is 13.2 Å². The van der Waals surface area contributed by atoms with Gasteiger partial charge in [0.05, 0.1) is 6.61 Å². The third kappa shape index (κ3) is 10.3. The molecule has 1 unspecified atom stereocenters. The van der Waals surface area contributed by atoms with E-state index in [9.17, 15) is 4.79 Å². The number of hydrogen-bond acceptors (Lipinski definition) is 3. The van der Waals surface area contributed by atoms with E-state index < -0.39 is 0 Å². The van der Waals surface area contributed by atoms with Gasteiger partial charge in [0.1, 0.15) is 0 Å². The number of hydrogen-bond donors (Lipinski definition) is 1. The maximum absolute atomic E-state index is 10.6. The Bertz CT molecular complexity index is 259. The molecule has 0 aromatic heterocycles. The molecule has 0 aliphatic carbocycles.